The topological polar surface area (TPSA) is 66.5 Å². The van der Waals surface area contributed by atoms with Gasteiger partial charge in [0.2, 0.25) is 11.8 Å². The number of carbonyl (C=O) groups is 3. The molecule has 0 radical (unpaired) electrons. The van der Waals surface area contributed by atoms with E-state index < -0.39 is 0 Å². The SMILES string of the molecule is C[C@@H]1C=CC[C@@H]2C(=O)N(c3cccc(NC(=O)c4ccccc4)c3)C(=O)[C@H]12. The Labute approximate surface area is 157 Å². The monoisotopic (exact) mass is 360 g/mol. The fourth-order valence-electron chi connectivity index (χ4n) is 3.92. The molecule has 4 rings (SSSR count). The van der Waals surface area contributed by atoms with Crippen molar-refractivity contribution >= 4 is 29.1 Å². The number of imide groups is 1. The molecule has 2 aromatic carbocycles. The van der Waals surface area contributed by atoms with E-state index in [0.717, 1.165) is 0 Å². The van der Waals surface area contributed by atoms with Gasteiger partial charge in [0, 0.05) is 11.3 Å². The fraction of sp³-hybridized carbons (Fsp3) is 0.227. The lowest BCUT2D eigenvalue weighted by molar-refractivity contribution is -0.122. The molecule has 2 aromatic rings. The predicted octanol–water partition coefficient (Wildman–Crippen LogP) is 3.64. The van der Waals surface area contributed by atoms with E-state index in [2.05, 4.69) is 5.32 Å². The molecule has 27 heavy (non-hydrogen) atoms. The second-order valence-corrected chi connectivity index (χ2v) is 7.04. The summed E-state index contributed by atoms with van der Waals surface area (Å²) in [5.41, 5.74) is 1.59. The highest BCUT2D eigenvalue weighted by molar-refractivity contribution is 6.22. The normalized spacial score (nSPS) is 24.0. The lowest BCUT2D eigenvalue weighted by Crippen LogP contribution is -2.31. The molecule has 5 nitrogen and oxygen atoms in total. The van der Waals surface area contributed by atoms with Crippen LogP contribution < -0.4 is 10.2 Å². The van der Waals surface area contributed by atoms with Crippen molar-refractivity contribution < 1.29 is 14.4 Å². The minimum Gasteiger partial charge on any atom is -0.322 e. The van der Waals surface area contributed by atoms with Gasteiger partial charge >= 0.3 is 0 Å². The minimum absolute atomic E-state index is 0.0474. The van der Waals surface area contributed by atoms with E-state index in [9.17, 15) is 14.4 Å². The van der Waals surface area contributed by atoms with Crippen LogP contribution in [0, 0.1) is 17.8 Å². The van der Waals surface area contributed by atoms with E-state index in [1.54, 1.807) is 48.5 Å². The zero-order chi connectivity index (χ0) is 19.0. The quantitative estimate of drug-likeness (QED) is 0.671. The maximum Gasteiger partial charge on any atom is 0.255 e. The number of anilines is 2. The second-order valence-electron chi connectivity index (χ2n) is 7.04. The number of benzene rings is 2. The highest BCUT2D eigenvalue weighted by atomic mass is 16.2. The largest absolute Gasteiger partial charge is 0.322 e. The van der Waals surface area contributed by atoms with E-state index in [4.69, 9.17) is 0 Å². The van der Waals surface area contributed by atoms with E-state index >= 15 is 0 Å². The maximum absolute atomic E-state index is 12.9. The van der Waals surface area contributed by atoms with Crippen LogP contribution >= 0.6 is 0 Å². The molecule has 1 aliphatic carbocycles. The Morgan fingerprint density at radius 3 is 2.56 bits per heavy atom. The van der Waals surface area contributed by atoms with Gasteiger partial charge in [-0.15, -0.1) is 0 Å². The van der Waals surface area contributed by atoms with Gasteiger partial charge in [-0.1, -0.05) is 43.3 Å². The standard InChI is InChI=1S/C22H20N2O3/c1-14-7-5-12-18-19(14)22(27)24(21(18)26)17-11-6-10-16(13-17)23-20(25)15-8-3-2-4-9-15/h2-11,13-14,18-19H,12H2,1H3,(H,23,25)/t14-,18+,19-/m1/s1. The van der Waals surface area contributed by atoms with Gasteiger partial charge in [-0.2, -0.15) is 0 Å². The molecule has 2 aliphatic rings. The van der Waals surface area contributed by atoms with Gasteiger partial charge in [0.05, 0.1) is 17.5 Å². The number of fused-ring (bicyclic) bond motifs is 1. The van der Waals surface area contributed by atoms with E-state index in [1.165, 1.54) is 4.90 Å². The summed E-state index contributed by atoms with van der Waals surface area (Å²) in [5, 5.41) is 2.82. The van der Waals surface area contributed by atoms with Crippen LogP contribution in [0.4, 0.5) is 11.4 Å². The van der Waals surface area contributed by atoms with Crippen molar-refractivity contribution in [2.75, 3.05) is 10.2 Å². The first kappa shape index (κ1) is 17.2. The summed E-state index contributed by atoms with van der Waals surface area (Å²) < 4.78 is 0. The number of hydrogen-bond acceptors (Lipinski definition) is 3. The van der Waals surface area contributed by atoms with Crippen molar-refractivity contribution in [1.82, 2.24) is 0 Å². The average Bonchev–Trinajstić information content (AvgIpc) is 2.94. The molecular formula is C22H20N2O3. The summed E-state index contributed by atoms with van der Waals surface area (Å²) in [6.45, 7) is 1.97. The average molecular weight is 360 g/mol. The van der Waals surface area contributed by atoms with Crippen LogP contribution in [0.5, 0.6) is 0 Å². The van der Waals surface area contributed by atoms with Crippen molar-refractivity contribution in [2.24, 2.45) is 17.8 Å². The zero-order valence-corrected chi connectivity index (χ0v) is 15.0. The zero-order valence-electron chi connectivity index (χ0n) is 15.0. The Kier molecular flexibility index (Phi) is 4.36. The third kappa shape index (κ3) is 3.05. The van der Waals surface area contributed by atoms with Gasteiger partial charge in [0.1, 0.15) is 0 Å². The van der Waals surface area contributed by atoms with Crippen molar-refractivity contribution in [3.8, 4) is 0 Å². The van der Waals surface area contributed by atoms with Gasteiger partial charge in [0.25, 0.3) is 5.91 Å². The summed E-state index contributed by atoms with van der Waals surface area (Å²) in [7, 11) is 0. The number of nitrogens with zero attached hydrogens (tertiary/aromatic N) is 1. The van der Waals surface area contributed by atoms with Gasteiger partial charge in [-0.05, 0) is 42.7 Å². The molecular weight excluding hydrogens is 340 g/mol. The molecule has 1 N–H and O–H groups in total. The molecule has 0 spiro atoms. The van der Waals surface area contributed by atoms with Crippen molar-refractivity contribution in [1.29, 1.82) is 0 Å². The molecule has 0 saturated carbocycles. The van der Waals surface area contributed by atoms with E-state index in [1.807, 2.05) is 25.1 Å². The molecule has 1 fully saturated rings. The number of carbonyl (C=O) groups excluding carboxylic acids is 3. The van der Waals surface area contributed by atoms with Gasteiger partial charge in [0.15, 0.2) is 0 Å². The van der Waals surface area contributed by atoms with Crippen molar-refractivity contribution in [2.45, 2.75) is 13.3 Å². The van der Waals surface area contributed by atoms with Crippen LogP contribution in [0.25, 0.3) is 0 Å². The molecule has 1 saturated heterocycles. The lowest BCUT2D eigenvalue weighted by Gasteiger charge is -2.22. The van der Waals surface area contributed by atoms with Gasteiger partial charge in [-0.25, -0.2) is 4.90 Å². The first-order valence-corrected chi connectivity index (χ1v) is 9.07. The first-order chi connectivity index (χ1) is 13.1. The Morgan fingerprint density at radius 2 is 1.81 bits per heavy atom. The molecule has 0 bridgehead atoms. The van der Waals surface area contributed by atoms with Crippen LogP contribution in [-0.2, 0) is 9.59 Å². The molecule has 1 aliphatic heterocycles. The van der Waals surface area contributed by atoms with Crippen molar-refractivity contribution in [3.05, 3.63) is 72.3 Å². The fourth-order valence-corrected chi connectivity index (χ4v) is 3.92. The predicted molar refractivity (Wildman–Crippen MR) is 103 cm³/mol. The molecule has 5 heteroatoms. The van der Waals surface area contributed by atoms with Crippen LogP contribution in [0.1, 0.15) is 23.7 Å². The highest BCUT2D eigenvalue weighted by Gasteiger charge is 2.50. The van der Waals surface area contributed by atoms with Crippen LogP contribution in [-0.4, -0.2) is 17.7 Å². The van der Waals surface area contributed by atoms with Gasteiger partial charge in [-0.3, -0.25) is 14.4 Å². The number of allylic oxidation sites excluding steroid dienone is 2. The number of hydrogen-bond donors (Lipinski definition) is 1. The third-order valence-corrected chi connectivity index (χ3v) is 5.27. The Balaban J connectivity index is 1.59. The van der Waals surface area contributed by atoms with Crippen molar-refractivity contribution in [3.63, 3.8) is 0 Å². The van der Waals surface area contributed by atoms with E-state index in [-0.39, 0.29) is 35.5 Å². The molecule has 1 heterocycles. The summed E-state index contributed by atoms with van der Waals surface area (Å²) in [6, 6.07) is 15.8. The third-order valence-electron chi connectivity index (χ3n) is 5.27. The summed E-state index contributed by atoms with van der Waals surface area (Å²) in [5.74, 6) is -1.10. The molecule has 0 unspecified atom stereocenters. The molecule has 0 aromatic heterocycles. The Bertz CT molecular complexity index is 936. The Morgan fingerprint density at radius 1 is 1.04 bits per heavy atom. The maximum atomic E-state index is 12.9. The lowest BCUT2D eigenvalue weighted by atomic mass is 9.78. The number of rotatable bonds is 3. The molecule has 3 amide bonds. The minimum atomic E-state index is -0.301. The molecule has 136 valence electrons. The highest BCUT2D eigenvalue weighted by Crippen LogP contribution is 2.40. The second kappa shape index (κ2) is 6.83. The van der Waals surface area contributed by atoms with Crippen LogP contribution in [0.15, 0.2) is 66.7 Å². The van der Waals surface area contributed by atoms with Crippen LogP contribution in [0.3, 0.4) is 0 Å². The number of nitrogens with one attached hydrogen (secondary N) is 1. The van der Waals surface area contributed by atoms with E-state index in [0.29, 0.717) is 23.4 Å². The van der Waals surface area contributed by atoms with Gasteiger partial charge < -0.3 is 5.32 Å². The number of amides is 3. The van der Waals surface area contributed by atoms with Crippen LogP contribution in [0.2, 0.25) is 0 Å². The summed E-state index contributed by atoms with van der Waals surface area (Å²) in [4.78, 5) is 39.4. The Hall–Kier alpha value is -3.21. The summed E-state index contributed by atoms with van der Waals surface area (Å²) >= 11 is 0. The smallest absolute Gasteiger partial charge is 0.255 e. The first-order valence-electron chi connectivity index (χ1n) is 9.07. The molecule has 3 atom stereocenters. The summed E-state index contributed by atoms with van der Waals surface area (Å²) in [6.07, 6.45) is 4.59.